The van der Waals surface area contributed by atoms with Gasteiger partial charge in [0.05, 0.1) is 24.5 Å². The zero-order chi connectivity index (χ0) is 12.8. The van der Waals surface area contributed by atoms with E-state index in [0.29, 0.717) is 6.54 Å². The molecular formula is C13H19N3O2. The molecule has 1 aliphatic heterocycles. The summed E-state index contributed by atoms with van der Waals surface area (Å²) in [5, 5.41) is 5.94. The lowest BCUT2D eigenvalue weighted by molar-refractivity contribution is -0.115. The van der Waals surface area contributed by atoms with Crippen LogP contribution in [0, 0.1) is 6.92 Å². The molecule has 0 radical (unpaired) electrons. The van der Waals surface area contributed by atoms with Crippen LogP contribution in [0.3, 0.4) is 0 Å². The smallest absolute Gasteiger partial charge is 0.238 e. The Labute approximate surface area is 107 Å². The summed E-state index contributed by atoms with van der Waals surface area (Å²) < 4.78 is 5.47. The summed E-state index contributed by atoms with van der Waals surface area (Å²) in [5.41, 5.74) is 1.78. The highest BCUT2D eigenvalue weighted by molar-refractivity contribution is 5.92. The number of hydrogen-bond donors (Lipinski definition) is 2. The van der Waals surface area contributed by atoms with Gasteiger partial charge < -0.3 is 15.4 Å². The van der Waals surface area contributed by atoms with E-state index >= 15 is 0 Å². The number of aromatic nitrogens is 1. The van der Waals surface area contributed by atoms with Gasteiger partial charge in [0.2, 0.25) is 5.91 Å². The van der Waals surface area contributed by atoms with Gasteiger partial charge in [-0.3, -0.25) is 9.78 Å². The lowest BCUT2D eigenvalue weighted by Crippen LogP contribution is -2.33. The molecule has 0 aromatic carbocycles. The van der Waals surface area contributed by atoms with Crippen molar-refractivity contribution in [1.82, 2.24) is 10.3 Å². The fourth-order valence-corrected chi connectivity index (χ4v) is 1.94. The Balaban J connectivity index is 1.70. The number of hydrogen-bond acceptors (Lipinski definition) is 4. The summed E-state index contributed by atoms with van der Waals surface area (Å²) in [6, 6.07) is 1.87. The summed E-state index contributed by atoms with van der Waals surface area (Å²) in [5.74, 6) is -0.0518. The van der Waals surface area contributed by atoms with Crippen molar-refractivity contribution in [3.05, 3.63) is 24.0 Å². The molecule has 2 heterocycles. The molecule has 1 fully saturated rings. The summed E-state index contributed by atoms with van der Waals surface area (Å²) in [6.45, 7) is 3.82. The first kappa shape index (κ1) is 13.0. The maximum Gasteiger partial charge on any atom is 0.238 e. The number of ether oxygens (including phenoxy) is 1. The third kappa shape index (κ3) is 3.78. The van der Waals surface area contributed by atoms with Crippen molar-refractivity contribution in [1.29, 1.82) is 0 Å². The van der Waals surface area contributed by atoms with Crippen LogP contribution in [0.4, 0.5) is 5.69 Å². The molecule has 1 amide bonds. The summed E-state index contributed by atoms with van der Waals surface area (Å²) in [6.07, 6.45) is 5.83. The van der Waals surface area contributed by atoms with Crippen molar-refractivity contribution in [2.75, 3.05) is 25.0 Å². The van der Waals surface area contributed by atoms with Gasteiger partial charge in [-0.25, -0.2) is 0 Å². The van der Waals surface area contributed by atoms with E-state index in [1.807, 2.05) is 13.0 Å². The van der Waals surface area contributed by atoms with Crippen LogP contribution in [0.5, 0.6) is 0 Å². The highest BCUT2D eigenvalue weighted by Crippen LogP contribution is 2.11. The number of anilines is 1. The molecule has 2 rings (SSSR count). The van der Waals surface area contributed by atoms with Crippen molar-refractivity contribution in [2.24, 2.45) is 0 Å². The maximum absolute atomic E-state index is 11.7. The normalized spacial score (nSPS) is 18.8. The Morgan fingerprint density at radius 3 is 3.22 bits per heavy atom. The van der Waals surface area contributed by atoms with E-state index in [1.54, 1.807) is 12.4 Å². The van der Waals surface area contributed by atoms with Crippen LogP contribution in [0.25, 0.3) is 0 Å². The summed E-state index contributed by atoms with van der Waals surface area (Å²) in [4.78, 5) is 15.7. The number of carbonyl (C=O) groups is 1. The maximum atomic E-state index is 11.7. The van der Waals surface area contributed by atoms with E-state index in [2.05, 4.69) is 15.6 Å². The highest BCUT2D eigenvalue weighted by atomic mass is 16.5. The molecule has 18 heavy (non-hydrogen) atoms. The monoisotopic (exact) mass is 249 g/mol. The van der Waals surface area contributed by atoms with Crippen molar-refractivity contribution in [3.63, 3.8) is 0 Å². The Morgan fingerprint density at radius 2 is 2.50 bits per heavy atom. The molecule has 1 atom stereocenters. The van der Waals surface area contributed by atoms with E-state index < -0.39 is 0 Å². The number of carbonyl (C=O) groups excluding carboxylic acids is 1. The number of nitrogens with zero attached hydrogens (tertiary/aromatic N) is 1. The minimum Gasteiger partial charge on any atom is -0.377 e. The number of pyridine rings is 1. The van der Waals surface area contributed by atoms with Gasteiger partial charge in [-0.15, -0.1) is 0 Å². The van der Waals surface area contributed by atoms with Gasteiger partial charge >= 0.3 is 0 Å². The van der Waals surface area contributed by atoms with Crippen LogP contribution in [-0.4, -0.2) is 36.7 Å². The molecule has 0 unspecified atom stereocenters. The fourth-order valence-electron chi connectivity index (χ4n) is 1.94. The summed E-state index contributed by atoms with van der Waals surface area (Å²) >= 11 is 0. The van der Waals surface area contributed by atoms with E-state index in [4.69, 9.17) is 4.74 Å². The Morgan fingerprint density at radius 1 is 1.61 bits per heavy atom. The van der Waals surface area contributed by atoms with Crippen LogP contribution in [0.2, 0.25) is 0 Å². The van der Waals surface area contributed by atoms with Crippen LogP contribution in [-0.2, 0) is 9.53 Å². The predicted octanol–water partition coefficient (Wildman–Crippen LogP) is 1.10. The van der Waals surface area contributed by atoms with Crippen molar-refractivity contribution in [3.8, 4) is 0 Å². The van der Waals surface area contributed by atoms with Gasteiger partial charge in [0.25, 0.3) is 0 Å². The molecule has 2 N–H and O–H groups in total. The van der Waals surface area contributed by atoms with Gasteiger partial charge in [-0.05, 0) is 31.4 Å². The number of amides is 1. The largest absolute Gasteiger partial charge is 0.377 e. The molecule has 0 bridgehead atoms. The first-order chi connectivity index (χ1) is 8.75. The minimum atomic E-state index is -0.0518. The molecular weight excluding hydrogens is 230 g/mol. The molecule has 98 valence electrons. The molecule has 0 spiro atoms. The number of rotatable bonds is 5. The number of aryl methyl sites for hydroxylation is 1. The van der Waals surface area contributed by atoms with Crippen molar-refractivity contribution < 1.29 is 9.53 Å². The Kier molecular flexibility index (Phi) is 4.66. The molecule has 1 aromatic rings. The average Bonchev–Trinajstić information content (AvgIpc) is 2.85. The first-order valence-corrected chi connectivity index (χ1v) is 6.28. The predicted molar refractivity (Wildman–Crippen MR) is 69.4 cm³/mol. The topological polar surface area (TPSA) is 63.2 Å². The van der Waals surface area contributed by atoms with Crippen LogP contribution in [0.1, 0.15) is 18.4 Å². The molecule has 0 aliphatic carbocycles. The second kappa shape index (κ2) is 6.47. The Hall–Kier alpha value is -1.46. The number of nitrogens with one attached hydrogen (secondary N) is 2. The van der Waals surface area contributed by atoms with E-state index in [-0.39, 0.29) is 12.0 Å². The third-order valence-electron chi connectivity index (χ3n) is 2.99. The van der Waals surface area contributed by atoms with Gasteiger partial charge in [-0.1, -0.05) is 0 Å². The zero-order valence-electron chi connectivity index (χ0n) is 10.6. The van der Waals surface area contributed by atoms with E-state index in [9.17, 15) is 4.79 Å². The van der Waals surface area contributed by atoms with E-state index in [0.717, 1.165) is 37.2 Å². The standard InChI is InChI=1S/C13H19N3O2/c1-10-4-5-14-8-12(10)16-13(17)9-15-7-11-3-2-6-18-11/h4-5,8,11,15H,2-3,6-7,9H2,1H3,(H,16,17)/t11-/m1/s1. The van der Waals surface area contributed by atoms with Gasteiger partial charge in [0.1, 0.15) is 0 Å². The second-order valence-corrected chi connectivity index (χ2v) is 4.50. The molecule has 1 aromatic heterocycles. The van der Waals surface area contributed by atoms with Crippen molar-refractivity contribution in [2.45, 2.75) is 25.9 Å². The van der Waals surface area contributed by atoms with Crippen LogP contribution >= 0.6 is 0 Å². The average molecular weight is 249 g/mol. The van der Waals surface area contributed by atoms with Gasteiger partial charge in [-0.2, -0.15) is 0 Å². The minimum absolute atomic E-state index is 0.0518. The van der Waals surface area contributed by atoms with E-state index in [1.165, 1.54) is 0 Å². The molecule has 1 saturated heterocycles. The van der Waals surface area contributed by atoms with Crippen LogP contribution < -0.4 is 10.6 Å². The van der Waals surface area contributed by atoms with Gasteiger partial charge in [0, 0.05) is 19.3 Å². The quantitative estimate of drug-likeness (QED) is 0.820. The second-order valence-electron chi connectivity index (χ2n) is 4.50. The Bertz CT molecular complexity index is 403. The first-order valence-electron chi connectivity index (χ1n) is 6.28. The lowest BCUT2D eigenvalue weighted by Gasteiger charge is -2.11. The highest BCUT2D eigenvalue weighted by Gasteiger charge is 2.15. The van der Waals surface area contributed by atoms with Gasteiger partial charge in [0.15, 0.2) is 0 Å². The third-order valence-corrected chi connectivity index (χ3v) is 2.99. The molecule has 0 saturated carbocycles. The molecule has 1 aliphatic rings. The SMILES string of the molecule is Cc1ccncc1NC(=O)CNC[C@H]1CCCO1. The summed E-state index contributed by atoms with van der Waals surface area (Å²) in [7, 11) is 0. The molecule has 5 nitrogen and oxygen atoms in total. The fraction of sp³-hybridized carbons (Fsp3) is 0.538. The van der Waals surface area contributed by atoms with Crippen LogP contribution in [0.15, 0.2) is 18.5 Å². The van der Waals surface area contributed by atoms with Crippen molar-refractivity contribution >= 4 is 11.6 Å². The molecule has 5 heteroatoms. The lowest BCUT2D eigenvalue weighted by atomic mass is 10.2. The zero-order valence-corrected chi connectivity index (χ0v) is 10.6.